The van der Waals surface area contributed by atoms with E-state index in [1.54, 1.807) is 36.4 Å². The highest BCUT2D eigenvalue weighted by Crippen LogP contribution is 2.40. The number of aliphatic hydroxyl groups is 1. The SMILES string of the molecule is O=C1C(=O)N(CCN2CCOCC2)C(c2cccc([N+](=O)[O-])c2)/C1=C(/O)c1ccccc1. The van der Waals surface area contributed by atoms with E-state index in [9.17, 15) is 24.8 Å². The van der Waals surface area contributed by atoms with E-state index in [-0.39, 0.29) is 23.6 Å². The van der Waals surface area contributed by atoms with E-state index >= 15 is 0 Å². The number of carbonyl (C=O) groups is 2. The molecule has 2 aliphatic rings. The van der Waals surface area contributed by atoms with Crippen molar-refractivity contribution in [1.82, 2.24) is 9.80 Å². The van der Waals surface area contributed by atoms with Crippen LogP contribution in [-0.2, 0) is 14.3 Å². The van der Waals surface area contributed by atoms with E-state index in [2.05, 4.69) is 4.90 Å². The Morgan fingerprint density at radius 1 is 1.06 bits per heavy atom. The van der Waals surface area contributed by atoms with E-state index in [4.69, 9.17) is 4.74 Å². The summed E-state index contributed by atoms with van der Waals surface area (Å²) in [5.41, 5.74) is 0.580. The van der Waals surface area contributed by atoms with Gasteiger partial charge in [-0.3, -0.25) is 24.6 Å². The highest BCUT2D eigenvalue weighted by atomic mass is 16.6. The summed E-state index contributed by atoms with van der Waals surface area (Å²) in [6, 6.07) is 13.4. The first-order chi connectivity index (χ1) is 15.5. The van der Waals surface area contributed by atoms with Crippen LogP contribution in [0.25, 0.3) is 5.76 Å². The molecule has 2 fully saturated rings. The zero-order valence-electron chi connectivity index (χ0n) is 17.3. The van der Waals surface area contributed by atoms with Crippen LogP contribution in [0.3, 0.4) is 0 Å². The fourth-order valence-corrected chi connectivity index (χ4v) is 4.09. The quantitative estimate of drug-likeness (QED) is 0.243. The van der Waals surface area contributed by atoms with Crippen molar-refractivity contribution in [2.45, 2.75) is 6.04 Å². The highest BCUT2D eigenvalue weighted by Gasteiger charge is 2.46. The van der Waals surface area contributed by atoms with E-state index < -0.39 is 22.7 Å². The third kappa shape index (κ3) is 4.25. The van der Waals surface area contributed by atoms with Gasteiger partial charge in [-0.1, -0.05) is 42.5 Å². The molecule has 0 spiro atoms. The molecule has 0 saturated carbocycles. The van der Waals surface area contributed by atoms with Crippen LogP contribution in [0.15, 0.2) is 60.2 Å². The molecule has 0 aliphatic carbocycles. The van der Waals surface area contributed by atoms with Gasteiger partial charge in [-0.05, 0) is 5.56 Å². The first kappa shape index (κ1) is 21.7. The van der Waals surface area contributed by atoms with E-state index in [1.807, 2.05) is 0 Å². The number of amides is 1. The van der Waals surface area contributed by atoms with Gasteiger partial charge >= 0.3 is 0 Å². The molecule has 2 aliphatic heterocycles. The number of hydrogen-bond donors (Lipinski definition) is 1. The molecule has 2 heterocycles. The fourth-order valence-electron chi connectivity index (χ4n) is 4.09. The normalized spacial score (nSPS) is 21.1. The van der Waals surface area contributed by atoms with Crippen LogP contribution in [0.5, 0.6) is 0 Å². The zero-order chi connectivity index (χ0) is 22.7. The van der Waals surface area contributed by atoms with Crippen molar-refractivity contribution in [1.29, 1.82) is 0 Å². The second-order valence-corrected chi connectivity index (χ2v) is 7.66. The first-order valence-corrected chi connectivity index (χ1v) is 10.4. The molecule has 1 atom stereocenters. The van der Waals surface area contributed by atoms with Crippen molar-refractivity contribution in [2.75, 3.05) is 39.4 Å². The number of ether oxygens (including phenoxy) is 1. The van der Waals surface area contributed by atoms with Gasteiger partial charge in [-0.25, -0.2) is 0 Å². The van der Waals surface area contributed by atoms with Gasteiger partial charge in [0, 0.05) is 43.9 Å². The molecule has 1 unspecified atom stereocenters. The number of Topliss-reactive ketones (excluding diaryl/α,β-unsaturated/α-hetero) is 1. The molecule has 2 aromatic carbocycles. The third-order valence-corrected chi connectivity index (χ3v) is 5.74. The van der Waals surface area contributed by atoms with E-state index in [0.717, 1.165) is 13.1 Å². The Hall–Kier alpha value is -3.56. The average molecular weight is 437 g/mol. The van der Waals surface area contributed by atoms with Crippen LogP contribution in [0.1, 0.15) is 17.2 Å². The van der Waals surface area contributed by atoms with Crippen LogP contribution in [-0.4, -0.2) is 70.9 Å². The Bertz CT molecular complexity index is 1060. The van der Waals surface area contributed by atoms with Crippen LogP contribution < -0.4 is 0 Å². The van der Waals surface area contributed by atoms with Crippen molar-refractivity contribution in [2.24, 2.45) is 0 Å². The summed E-state index contributed by atoms with van der Waals surface area (Å²) in [5, 5.41) is 22.3. The predicted octanol–water partition coefficient (Wildman–Crippen LogP) is 2.35. The summed E-state index contributed by atoms with van der Waals surface area (Å²) in [5.74, 6) is -1.83. The molecule has 2 aromatic rings. The smallest absolute Gasteiger partial charge is 0.295 e. The molecule has 0 aromatic heterocycles. The van der Waals surface area contributed by atoms with Crippen molar-refractivity contribution in [3.8, 4) is 0 Å². The molecule has 9 heteroatoms. The van der Waals surface area contributed by atoms with Crippen LogP contribution >= 0.6 is 0 Å². The number of non-ortho nitro benzene ring substituents is 1. The average Bonchev–Trinajstić information content (AvgIpc) is 3.08. The number of morpholine rings is 1. The summed E-state index contributed by atoms with van der Waals surface area (Å²) in [6.07, 6.45) is 0. The number of aliphatic hydroxyl groups excluding tert-OH is 1. The van der Waals surface area contributed by atoms with Gasteiger partial charge in [0.25, 0.3) is 17.4 Å². The number of rotatable bonds is 6. The summed E-state index contributed by atoms with van der Waals surface area (Å²) in [4.78, 5) is 40.3. The van der Waals surface area contributed by atoms with Crippen molar-refractivity contribution in [3.63, 3.8) is 0 Å². The number of carbonyl (C=O) groups excluding carboxylic acids is 2. The molecular weight excluding hydrogens is 414 g/mol. The second-order valence-electron chi connectivity index (χ2n) is 7.66. The molecule has 9 nitrogen and oxygen atoms in total. The predicted molar refractivity (Wildman–Crippen MR) is 116 cm³/mol. The minimum atomic E-state index is -0.920. The largest absolute Gasteiger partial charge is 0.507 e. The second kappa shape index (κ2) is 9.29. The maximum atomic E-state index is 13.0. The van der Waals surface area contributed by atoms with E-state index in [0.29, 0.717) is 30.9 Å². The molecule has 0 bridgehead atoms. The van der Waals surface area contributed by atoms with Crippen LogP contribution in [0.2, 0.25) is 0 Å². The topological polar surface area (TPSA) is 113 Å². The molecule has 166 valence electrons. The Kier molecular flexibility index (Phi) is 6.29. The minimum absolute atomic E-state index is 0.0660. The van der Waals surface area contributed by atoms with Crippen molar-refractivity contribution in [3.05, 3.63) is 81.4 Å². The molecular formula is C23H23N3O6. The summed E-state index contributed by atoms with van der Waals surface area (Å²) in [7, 11) is 0. The number of benzene rings is 2. The molecule has 1 amide bonds. The monoisotopic (exact) mass is 437 g/mol. The maximum absolute atomic E-state index is 13.0. The number of nitro benzene ring substituents is 1. The summed E-state index contributed by atoms with van der Waals surface area (Å²) < 4.78 is 5.35. The summed E-state index contributed by atoms with van der Waals surface area (Å²) in [6.45, 7) is 3.39. The lowest BCUT2D eigenvalue weighted by molar-refractivity contribution is -0.384. The lowest BCUT2D eigenvalue weighted by Gasteiger charge is -2.31. The lowest BCUT2D eigenvalue weighted by atomic mass is 9.95. The highest BCUT2D eigenvalue weighted by molar-refractivity contribution is 6.46. The van der Waals surface area contributed by atoms with Crippen molar-refractivity contribution >= 4 is 23.1 Å². The Morgan fingerprint density at radius 3 is 2.47 bits per heavy atom. The van der Waals surface area contributed by atoms with Gasteiger partial charge in [0.1, 0.15) is 5.76 Å². The first-order valence-electron chi connectivity index (χ1n) is 10.4. The fraction of sp³-hybridized carbons (Fsp3) is 0.304. The Morgan fingerprint density at radius 2 is 1.78 bits per heavy atom. The molecule has 0 radical (unpaired) electrons. The van der Waals surface area contributed by atoms with Gasteiger partial charge in [-0.15, -0.1) is 0 Å². The van der Waals surface area contributed by atoms with Crippen molar-refractivity contribution < 1.29 is 24.4 Å². The Labute approximate surface area is 184 Å². The molecule has 4 rings (SSSR count). The zero-order valence-corrected chi connectivity index (χ0v) is 17.3. The van der Waals surface area contributed by atoms with Gasteiger partial charge in [0.05, 0.1) is 29.8 Å². The number of ketones is 1. The van der Waals surface area contributed by atoms with Gasteiger partial charge in [0.2, 0.25) is 0 Å². The standard InChI is InChI=1S/C23H23N3O6/c27-21(16-5-2-1-3-6-16)19-20(17-7-4-8-18(15-17)26(30)31)25(23(29)22(19)28)10-9-24-11-13-32-14-12-24/h1-8,15,20,27H,9-14H2/b21-19-. The minimum Gasteiger partial charge on any atom is -0.507 e. The van der Waals surface area contributed by atoms with E-state index in [1.165, 1.54) is 23.1 Å². The third-order valence-electron chi connectivity index (χ3n) is 5.74. The maximum Gasteiger partial charge on any atom is 0.295 e. The molecule has 2 saturated heterocycles. The molecule has 1 N–H and O–H groups in total. The summed E-state index contributed by atoms with van der Waals surface area (Å²) >= 11 is 0. The van der Waals surface area contributed by atoms with Crippen LogP contribution in [0.4, 0.5) is 5.69 Å². The number of likely N-dealkylation sites (tertiary alicyclic amines) is 1. The van der Waals surface area contributed by atoms with Gasteiger partial charge < -0.3 is 14.7 Å². The molecule has 32 heavy (non-hydrogen) atoms. The number of nitro groups is 1. The van der Waals surface area contributed by atoms with Gasteiger partial charge in [-0.2, -0.15) is 0 Å². The Balaban J connectivity index is 1.76. The van der Waals surface area contributed by atoms with Crippen LogP contribution in [0, 0.1) is 10.1 Å². The number of hydrogen-bond acceptors (Lipinski definition) is 7. The van der Waals surface area contributed by atoms with Gasteiger partial charge in [0.15, 0.2) is 0 Å². The lowest BCUT2D eigenvalue weighted by Crippen LogP contribution is -2.42. The number of nitrogens with zero attached hydrogens (tertiary/aromatic N) is 3.